The molecule has 0 radical (unpaired) electrons. The fourth-order valence-electron chi connectivity index (χ4n) is 1.78. The van der Waals surface area contributed by atoms with Gasteiger partial charge in [-0.3, -0.25) is 4.68 Å². The summed E-state index contributed by atoms with van der Waals surface area (Å²) in [5.41, 5.74) is 3.27. The minimum absolute atomic E-state index is 0.570. The van der Waals surface area contributed by atoms with Gasteiger partial charge in [0.25, 0.3) is 0 Å². The van der Waals surface area contributed by atoms with Crippen molar-refractivity contribution in [1.29, 1.82) is 5.26 Å². The first-order chi connectivity index (χ1) is 9.02. The van der Waals surface area contributed by atoms with Gasteiger partial charge in [-0.25, -0.2) is 0 Å². The van der Waals surface area contributed by atoms with E-state index in [0.717, 1.165) is 21.5 Å². The fraction of sp³-hybridized carbons (Fsp3) is 0.231. The molecule has 0 fully saturated rings. The number of halogens is 2. The lowest BCUT2D eigenvalue weighted by Crippen LogP contribution is -2.06. The van der Waals surface area contributed by atoms with Gasteiger partial charge in [-0.05, 0) is 41.1 Å². The third-order valence-corrected chi connectivity index (χ3v) is 3.95. The minimum atomic E-state index is 0.570. The van der Waals surface area contributed by atoms with Gasteiger partial charge in [-0.2, -0.15) is 10.4 Å². The van der Waals surface area contributed by atoms with Crippen molar-refractivity contribution in [2.24, 2.45) is 7.05 Å². The van der Waals surface area contributed by atoms with E-state index < -0.39 is 0 Å². The smallest absolute Gasteiger partial charge is 0.0992 e. The van der Waals surface area contributed by atoms with Crippen molar-refractivity contribution in [1.82, 2.24) is 9.78 Å². The van der Waals surface area contributed by atoms with Crippen LogP contribution < -0.4 is 5.32 Å². The summed E-state index contributed by atoms with van der Waals surface area (Å²) in [4.78, 5) is 0. The number of hydrogen-bond donors (Lipinski definition) is 1. The Kier molecular flexibility index (Phi) is 4.13. The van der Waals surface area contributed by atoms with Gasteiger partial charge < -0.3 is 5.32 Å². The van der Waals surface area contributed by atoms with E-state index in [1.165, 1.54) is 0 Å². The standard InChI is InChI=1S/C13H12BrClN4/c1-8-13(15)12(19(2)18-8)7-17-11-4-3-9(6-16)5-10(11)14/h3-5,17H,7H2,1-2H3. The number of rotatable bonds is 3. The summed E-state index contributed by atoms with van der Waals surface area (Å²) in [5, 5.41) is 17.0. The first-order valence-corrected chi connectivity index (χ1v) is 6.81. The monoisotopic (exact) mass is 338 g/mol. The predicted molar refractivity (Wildman–Crippen MR) is 79.1 cm³/mol. The highest BCUT2D eigenvalue weighted by Gasteiger charge is 2.11. The molecule has 6 heteroatoms. The summed E-state index contributed by atoms with van der Waals surface area (Å²) >= 11 is 9.62. The zero-order chi connectivity index (χ0) is 14.0. The van der Waals surface area contributed by atoms with Crippen LogP contribution in [0.15, 0.2) is 22.7 Å². The van der Waals surface area contributed by atoms with E-state index in [0.29, 0.717) is 17.1 Å². The molecule has 19 heavy (non-hydrogen) atoms. The van der Waals surface area contributed by atoms with Crippen molar-refractivity contribution >= 4 is 33.2 Å². The molecule has 0 aliphatic rings. The van der Waals surface area contributed by atoms with Crippen LogP contribution in [0.25, 0.3) is 0 Å². The second-order valence-electron chi connectivity index (χ2n) is 4.13. The molecular formula is C13H12BrClN4. The summed E-state index contributed by atoms with van der Waals surface area (Å²) in [6, 6.07) is 7.50. The van der Waals surface area contributed by atoms with Crippen molar-refractivity contribution in [3.8, 4) is 6.07 Å². The molecule has 2 rings (SSSR count). The van der Waals surface area contributed by atoms with E-state index in [4.69, 9.17) is 16.9 Å². The molecule has 1 heterocycles. The molecule has 98 valence electrons. The number of nitriles is 1. The first-order valence-electron chi connectivity index (χ1n) is 5.64. The average molecular weight is 340 g/mol. The number of hydrogen-bond acceptors (Lipinski definition) is 3. The van der Waals surface area contributed by atoms with Gasteiger partial charge in [0, 0.05) is 17.2 Å². The average Bonchev–Trinajstić information content (AvgIpc) is 2.62. The van der Waals surface area contributed by atoms with Crippen molar-refractivity contribution < 1.29 is 0 Å². The molecule has 0 aliphatic carbocycles. The number of benzene rings is 1. The Hall–Kier alpha value is -1.51. The second-order valence-corrected chi connectivity index (χ2v) is 5.36. The molecule has 1 aromatic carbocycles. The maximum absolute atomic E-state index is 8.82. The zero-order valence-electron chi connectivity index (χ0n) is 10.5. The van der Waals surface area contributed by atoms with Crippen LogP contribution in [0, 0.1) is 18.3 Å². The van der Waals surface area contributed by atoms with Crippen molar-refractivity contribution in [3.05, 3.63) is 44.6 Å². The zero-order valence-corrected chi connectivity index (χ0v) is 12.9. The van der Waals surface area contributed by atoms with Gasteiger partial charge in [-0.15, -0.1) is 0 Å². The summed E-state index contributed by atoms with van der Waals surface area (Å²) in [5.74, 6) is 0. The lowest BCUT2D eigenvalue weighted by Gasteiger charge is -2.09. The van der Waals surface area contributed by atoms with Gasteiger partial charge in [0.2, 0.25) is 0 Å². The lowest BCUT2D eigenvalue weighted by molar-refractivity contribution is 0.713. The summed E-state index contributed by atoms with van der Waals surface area (Å²) in [7, 11) is 1.86. The third kappa shape index (κ3) is 2.91. The number of aryl methyl sites for hydroxylation is 2. The Bertz CT molecular complexity index is 657. The largest absolute Gasteiger partial charge is 0.378 e. The van der Waals surface area contributed by atoms with Gasteiger partial charge >= 0.3 is 0 Å². The van der Waals surface area contributed by atoms with Crippen LogP contribution in [0.1, 0.15) is 17.0 Å². The van der Waals surface area contributed by atoms with Gasteiger partial charge in [-0.1, -0.05) is 11.6 Å². The highest BCUT2D eigenvalue weighted by molar-refractivity contribution is 9.10. The van der Waals surface area contributed by atoms with Crippen LogP contribution in [-0.2, 0) is 13.6 Å². The molecule has 0 saturated heterocycles. The molecule has 0 amide bonds. The predicted octanol–water partition coefficient (Wildman–Crippen LogP) is 3.63. The van der Waals surface area contributed by atoms with E-state index in [9.17, 15) is 0 Å². The van der Waals surface area contributed by atoms with Crippen molar-refractivity contribution in [3.63, 3.8) is 0 Å². The highest BCUT2D eigenvalue weighted by atomic mass is 79.9. The van der Waals surface area contributed by atoms with E-state index in [2.05, 4.69) is 32.4 Å². The Morgan fingerprint density at radius 3 is 2.79 bits per heavy atom. The van der Waals surface area contributed by atoms with Crippen molar-refractivity contribution in [2.75, 3.05) is 5.32 Å². The Morgan fingerprint density at radius 2 is 2.26 bits per heavy atom. The van der Waals surface area contributed by atoms with Gasteiger partial charge in [0.05, 0.1) is 34.6 Å². The molecule has 2 aromatic rings. The van der Waals surface area contributed by atoms with Crippen LogP contribution in [-0.4, -0.2) is 9.78 Å². The van der Waals surface area contributed by atoms with Crippen LogP contribution in [0.3, 0.4) is 0 Å². The number of nitrogens with one attached hydrogen (secondary N) is 1. The quantitative estimate of drug-likeness (QED) is 0.929. The van der Waals surface area contributed by atoms with Crippen LogP contribution in [0.2, 0.25) is 5.02 Å². The maximum Gasteiger partial charge on any atom is 0.0992 e. The minimum Gasteiger partial charge on any atom is -0.378 e. The highest BCUT2D eigenvalue weighted by Crippen LogP contribution is 2.25. The number of nitrogens with zero attached hydrogens (tertiary/aromatic N) is 3. The van der Waals surface area contributed by atoms with Crippen molar-refractivity contribution in [2.45, 2.75) is 13.5 Å². The SMILES string of the molecule is Cc1nn(C)c(CNc2ccc(C#N)cc2Br)c1Cl. The summed E-state index contributed by atoms with van der Waals surface area (Å²) < 4.78 is 2.61. The Balaban J connectivity index is 2.17. The fourth-order valence-corrected chi connectivity index (χ4v) is 2.53. The second kappa shape index (κ2) is 5.64. The summed E-state index contributed by atoms with van der Waals surface area (Å²) in [6.07, 6.45) is 0. The first kappa shape index (κ1) is 13.9. The van der Waals surface area contributed by atoms with E-state index in [1.807, 2.05) is 20.0 Å². The van der Waals surface area contributed by atoms with E-state index >= 15 is 0 Å². The normalized spacial score (nSPS) is 10.3. The van der Waals surface area contributed by atoms with Gasteiger partial charge in [0.15, 0.2) is 0 Å². The molecule has 1 N–H and O–H groups in total. The molecular weight excluding hydrogens is 328 g/mol. The Labute approximate surface area is 125 Å². The number of aromatic nitrogens is 2. The molecule has 0 aliphatic heterocycles. The van der Waals surface area contributed by atoms with Crippen LogP contribution >= 0.6 is 27.5 Å². The molecule has 0 spiro atoms. The van der Waals surface area contributed by atoms with Gasteiger partial charge in [0.1, 0.15) is 0 Å². The molecule has 0 atom stereocenters. The van der Waals surface area contributed by atoms with E-state index in [-0.39, 0.29) is 0 Å². The maximum atomic E-state index is 8.82. The lowest BCUT2D eigenvalue weighted by atomic mass is 10.2. The summed E-state index contributed by atoms with van der Waals surface area (Å²) in [6.45, 7) is 2.45. The molecule has 0 bridgehead atoms. The third-order valence-electron chi connectivity index (χ3n) is 2.81. The molecule has 0 saturated carbocycles. The molecule has 0 unspecified atom stereocenters. The Morgan fingerprint density at radius 1 is 1.53 bits per heavy atom. The molecule has 4 nitrogen and oxygen atoms in total. The molecule has 1 aromatic heterocycles. The van der Waals surface area contributed by atoms with Crippen LogP contribution in [0.4, 0.5) is 5.69 Å². The number of anilines is 1. The van der Waals surface area contributed by atoms with Crippen LogP contribution in [0.5, 0.6) is 0 Å². The topological polar surface area (TPSA) is 53.6 Å². The van der Waals surface area contributed by atoms with E-state index in [1.54, 1.807) is 16.8 Å².